The van der Waals surface area contributed by atoms with Crippen molar-refractivity contribution >= 4 is 41.0 Å². The quantitative estimate of drug-likeness (QED) is 0.275. The number of hydrogen-bond donors (Lipinski definition) is 2. The van der Waals surface area contributed by atoms with Crippen LogP contribution in [0.2, 0.25) is 5.02 Å². The predicted molar refractivity (Wildman–Crippen MR) is 138 cm³/mol. The van der Waals surface area contributed by atoms with Gasteiger partial charge in [-0.05, 0) is 42.0 Å². The Labute approximate surface area is 212 Å². The Balaban J connectivity index is 1.22. The second-order valence-corrected chi connectivity index (χ2v) is 8.34. The van der Waals surface area contributed by atoms with Crippen LogP contribution in [0.3, 0.4) is 0 Å². The zero-order chi connectivity index (χ0) is 24.7. The maximum Gasteiger partial charge on any atom is 0.245 e. The van der Waals surface area contributed by atoms with Gasteiger partial charge in [0, 0.05) is 41.8 Å². The molecule has 4 aromatic rings. The van der Waals surface area contributed by atoms with Crippen LogP contribution in [-0.2, 0) is 4.74 Å². The van der Waals surface area contributed by atoms with Gasteiger partial charge < -0.3 is 15.0 Å². The van der Waals surface area contributed by atoms with Gasteiger partial charge in [-0.2, -0.15) is 10.1 Å². The molecular weight excluding hydrogens is 483 g/mol. The average Bonchev–Trinajstić information content (AvgIpc) is 2.91. The molecule has 1 aliphatic heterocycles. The Kier molecular flexibility index (Phi) is 7.25. The summed E-state index contributed by atoms with van der Waals surface area (Å²) in [5.41, 5.74) is 6.90. The van der Waals surface area contributed by atoms with E-state index in [0.717, 1.165) is 28.7 Å². The molecule has 9 nitrogen and oxygen atoms in total. The summed E-state index contributed by atoms with van der Waals surface area (Å²) >= 11 is 6.32. The van der Waals surface area contributed by atoms with Crippen molar-refractivity contribution in [2.75, 3.05) is 41.9 Å². The molecule has 0 aliphatic carbocycles. The number of rotatable bonds is 7. The first kappa shape index (κ1) is 23.6. The van der Waals surface area contributed by atoms with Gasteiger partial charge in [0.1, 0.15) is 0 Å². The van der Waals surface area contributed by atoms with Gasteiger partial charge in [-0.15, -0.1) is 0 Å². The van der Waals surface area contributed by atoms with Crippen LogP contribution in [0.4, 0.5) is 27.5 Å². The first-order chi connectivity index (χ1) is 17.6. The molecule has 1 saturated heterocycles. The highest BCUT2D eigenvalue weighted by Crippen LogP contribution is 2.28. The molecule has 5 rings (SSSR count). The molecule has 0 radical (unpaired) electrons. The number of anilines is 4. The van der Waals surface area contributed by atoms with Gasteiger partial charge in [0.25, 0.3) is 0 Å². The molecular formula is C25H22ClFN8O. The van der Waals surface area contributed by atoms with Gasteiger partial charge in [0.15, 0.2) is 11.6 Å². The molecule has 0 bridgehead atoms. The maximum absolute atomic E-state index is 14.2. The van der Waals surface area contributed by atoms with Crippen LogP contribution in [0.25, 0.3) is 11.1 Å². The minimum atomic E-state index is -0.483. The molecule has 1 fully saturated rings. The summed E-state index contributed by atoms with van der Waals surface area (Å²) in [6.07, 6.45) is 7.87. The summed E-state index contributed by atoms with van der Waals surface area (Å²) in [4.78, 5) is 18.6. The Morgan fingerprint density at radius 3 is 2.67 bits per heavy atom. The zero-order valence-corrected chi connectivity index (χ0v) is 19.9. The number of halogens is 2. The van der Waals surface area contributed by atoms with Gasteiger partial charge >= 0.3 is 0 Å². The molecule has 0 unspecified atom stereocenters. The number of morpholine rings is 1. The number of ether oxygens (including phenoxy) is 1. The van der Waals surface area contributed by atoms with E-state index in [1.54, 1.807) is 18.6 Å². The minimum Gasteiger partial charge on any atom is -0.378 e. The molecule has 0 atom stereocenters. The van der Waals surface area contributed by atoms with E-state index in [1.807, 2.05) is 47.4 Å². The normalized spacial score (nSPS) is 13.7. The molecule has 1 aromatic carbocycles. The Morgan fingerprint density at radius 1 is 1.00 bits per heavy atom. The van der Waals surface area contributed by atoms with Crippen molar-refractivity contribution < 1.29 is 9.13 Å². The van der Waals surface area contributed by atoms with E-state index in [1.165, 1.54) is 6.21 Å². The fourth-order valence-corrected chi connectivity index (χ4v) is 3.88. The highest BCUT2D eigenvalue weighted by Gasteiger charge is 2.17. The van der Waals surface area contributed by atoms with Crippen LogP contribution in [0.5, 0.6) is 0 Å². The number of aromatic nitrogens is 4. The lowest BCUT2D eigenvalue weighted by Gasteiger charge is -2.27. The van der Waals surface area contributed by atoms with Crippen molar-refractivity contribution in [3.63, 3.8) is 0 Å². The smallest absolute Gasteiger partial charge is 0.245 e. The summed E-state index contributed by atoms with van der Waals surface area (Å²) in [7, 11) is 0. The number of nitrogens with zero attached hydrogens (tertiary/aromatic N) is 6. The third-order valence-corrected chi connectivity index (χ3v) is 5.58. The van der Waals surface area contributed by atoms with Gasteiger partial charge in [-0.3, -0.25) is 9.97 Å². The second kappa shape index (κ2) is 11.1. The van der Waals surface area contributed by atoms with Crippen molar-refractivity contribution in [2.45, 2.75) is 0 Å². The van der Waals surface area contributed by atoms with Crippen molar-refractivity contribution in [3.05, 3.63) is 83.8 Å². The Morgan fingerprint density at radius 2 is 1.89 bits per heavy atom. The van der Waals surface area contributed by atoms with Crippen molar-refractivity contribution in [2.24, 2.45) is 5.10 Å². The first-order valence-corrected chi connectivity index (χ1v) is 11.6. The molecule has 0 spiro atoms. The van der Waals surface area contributed by atoms with E-state index >= 15 is 0 Å². The third kappa shape index (κ3) is 5.91. The SMILES string of the molecule is Fc1cnc(N/N=C/c2ccc(Nc3cc(Cl)cc(-c4cccnc4)c3)cn2)nc1N1CCOCC1. The van der Waals surface area contributed by atoms with Crippen LogP contribution in [0, 0.1) is 5.82 Å². The minimum absolute atomic E-state index is 0.192. The molecule has 182 valence electrons. The third-order valence-electron chi connectivity index (χ3n) is 5.37. The standard InChI is InChI=1S/C25H22ClFN8O/c26-19-10-18(17-2-1-5-28-13-17)11-22(12-19)32-21-4-3-20(29-14-21)15-31-34-25-30-16-23(27)24(33-25)35-6-8-36-9-7-35/h1-5,10-16,32H,6-9H2,(H,30,33,34)/b31-15+. The molecule has 2 N–H and O–H groups in total. The van der Waals surface area contributed by atoms with Crippen molar-refractivity contribution in [3.8, 4) is 11.1 Å². The average molecular weight is 505 g/mol. The monoisotopic (exact) mass is 504 g/mol. The number of nitrogens with one attached hydrogen (secondary N) is 2. The van der Waals surface area contributed by atoms with E-state index in [9.17, 15) is 4.39 Å². The fourth-order valence-electron chi connectivity index (χ4n) is 3.65. The lowest BCUT2D eigenvalue weighted by Crippen LogP contribution is -2.37. The van der Waals surface area contributed by atoms with Crippen LogP contribution in [-0.4, -0.2) is 52.5 Å². The molecule has 0 saturated carbocycles. The number of benzene rings is 1. The topological polar surface area (TPSA) is 100 Å². The van der Waals surface area contributed by atoms with Gasteiger partial charge in [0.2, 0.25) is 5.95 Å². The summed E-state index contributed by atoms with van der Waals surface area (Å²) in [5, 5.41) is 8.05. The lowest BCUT2D eigenvalue weighted by atomic mass is 10.1. The zero-order valence-electron chi connectivity index (χ0n) is 19.1. The van der Waals surface area contributed by atoms with E-state index < -0.39 is 5.82 Å². The molecule has 11 heteroatoms. The molecule has 0 amide bonds. The van der Waals surface area contributed by atoms with Gasteiger partial charge in [0.05, 0.1) is 43.2 Å². The van der Waals surface area contributed by atoms with Crippen molar-refractivity contribution in [1.82, 2.24) is 19.9 Å². The fraction of sp³-hybridized carbons (Fsp3) is 0.160. The largest absolute Gasteiger partial charge is 0.378 e. The highest BCUT2D eigenvalue weighted by molar-refractivity contribution is 6.31. The lowest BCUT2D eigenvalue weighted by molar-refractivity contribution is 0.122. The number of hydrazone groups is 1. The van der Waals surface area contributed by atoms with Crippen LogP contribution in [0.15, 0.2) is 72.4 Å². The Hall–Kier alpha value is -4.15. The highest BCUT2D eigenvalue weighted by atomic mass is 35.5. The molecule has 3 aromatic heterocycles. The first-order valence-electron chi connectivity index (χ1n) is 11.2. The molecule has 1 aliphatic rings. The molecule has 36 heavy (non-hydrogen) atoms. The summed E-state index contributed by atoms with van der Waals surface area (Å²) in [6, 6.07) is 13.3. The van der Waals surface area contributed by atoms with Crippen LogP contribution >= 0.6 is 11.6 Å². The maximum atomic E-state index is 14.2. The van der Waals surface area contributed by atoms with E-state index in [-0.39, 0.29) is 11.8 Å². The predicted octanol–water partition coefficient (Wildman–Crippen LogP) is 4.75. The second-order valence-electron chi connectivity index (χ2n) is 7.90. The van der Waals surface area contributed by atoms with E-state index in [4.69, 9.17) is 16.3 Å². The summed E-state index contributed by atoms with van der Waals surface area (Å²) < 4.78 is 19.5. The van der Waals surface area contributed by atoms with E-state index in [0.29, 0.717) is 37.0 Å². The number of pyridine rings is 2. The van der Waals surface area contributed by atoms with Gasteiger partial charge in [-0.25, -0.2) is 14.8 Å². The van der Waals surface area contributed by atoms with Gasteiger partial charge in [-0.1, -0.05) is 17.7 Å². The summed E-state index contributed by atoms with van der Waals surface area (Å²) in [5.74, 6) is -0.0616. The molecule has 4 heterocycles. The van der Waals surface area contributed by atoms with Crippen molar-refractivity contribution in [1.29, 1.82) is 0 Å². The summed E-state index contributed by atoms with van der Waals surface area (Å²) in [6.45, 7) is 2.20. The van der Waals surface area contributed by atoms with E-state index in [2.05, 4.69) is 35.8 Å². The van der Waals surface area contributed by atoms with Crippen LogP contribution < -0.4 is 15.6 Å². The Bertz CT molecular complexity index is 1350. The van der Waals surface area contributed by atoms with Crippen LogP contribution in [0.1, 0.15) is 5.69 Å². The number of hydrogen-bond acceptors (Lipinski definition) is 9.